The van der Waals surface area contributed by atoms with Gasteiger partial charge in [-0.25, -0.2) is 4.79 Å². The van der Waals surface area contributed by atoms with Crippen LogP contribution in [0.15, 0.2) is 24.3 Å². The van der Waals surface area contributed by atoms with Crippen LogP contribution in [0, 0.1) is 5.92 Å². The molecule has 6 heteroatoms. The Hall–Kier alpha value is -1.30. The van der Waals surface area contributed by atoms with Crippen LogP contribution in [0.4, 0.5) is 4.79 Å². The molecule has 0 radical (unpaired) electrons. The zero-order valence-electron chi connectivity index (χ0n) is 13.8. The summed E-state index contributed by atoms with van der Waals surface area (Å²) in [6, 6.07) is 7.04. The van der Waals surface area contributed by atoms with Gasteiger partial charge in [-0.05, 0) is 24.0 Å². The lowest BCUT2D eigenvalue weighted by molar-refractivity contribution is -0.0335. The third-order valence-corrected chi connectivity index (χ3v) is 4.45. The first-order valence-corrected chi connectivity index (χ1v) is 8.32. The van der Waals surface area contributed by atoms with Gasteiger partial charge in [0.05, 0.1) is 24.8 Å². The van der Waals surface area contributed by atoms with Gasteiger partial charge in [0.25, 0.3) is 0 Å². The van der Waals surface area contributed by atoms with Gasteiger partial charge >= 0.3 is 6.03 Å². The van der Waals surface area contributed by atoms with Crippen LogP contribution in [-0.4, -0.2) is 38.5 Å². The minimum Gasteiger partial charge on any atom is -0.379 e. The van der Waals surface area contributed by atoms with Crippen molar-refractivity contribution in [2.24, 2.45) is 5.92 Å². The van der Waals surface area contributed by atoms with E-state index in [0.29, 0.717) is 18.2 Å². The second kappa shape index (κ2) is 8.52. The summed E-state index contributed by atoms with van der Waals surface area (Å²) < 4.78 is 10.8. The Morgan fingerprint density at radius 3 is 2.78 bits per heavy atom. The molecule has 0 saturated carbocycles. The first kappa shape index (κ1) is 18.0. The summed E-state index contributed by atoms with van der Waals surface area (Å²) in [5.41, 5.74) is 0.919. The minimum atomic E-state index is -0.235. The van der Waals surface area contributed by atoms with Crippen LogP contribution in [0.3, 0.4) is 0 Å². The number of urea groups is 1. The first-order valence-electron chi connectivity index (χ1n) is 7.95. The molecule has 1 aliphatic heterocycles. The van der Waals surface area contributed by atoms with Gasteiger partial charge in [0.2, 0.25) is 0 Å². The largest absolute Gasteiger partial charge is 0.379 e. The van der Waals surface area contributed by atoms with Gasteiger partial charge in [-0.15, -0.1) is 0 Å². The van der Waals surface area contributed by atoms with Crippen LogP contribution in [0.1, 0.15) is 31.9 Å². The summed E-state index contributed by atoms with van der Waals surface area (Å²) in [7, 11) is 1.66. The summed E-state index contributed by atoms with van der Waals surface area (Å²) in [6.45, 7) is 5.23. The maximum absolute atomic E-state index is 12.4. The highest BCUT2D eigenvalue weighted by molar-refractivity contribution is 6.31. The molecule has 2 amide bonds. The Morgan fingerprint density at radius 2 is 2.13 bits per heavy atom. The zero-order chi connectivity index (χ0) is 16.8. The van der Waals surface area contributed by atoms with E-state index in [0.717, 1.165) is 12.0 Å². The molecule has 1 unspecified atom stereocenters. The lowest BCUT2D eigenvalue weighted by Gasteiger charge is -2.32. The summed E-state index contributed by atoms with van der Waals surface area (Å²) >= 11 is 6.27. The molecule has 128 valence electrons. The van der Waals surface area contributed by atoms with E-state index < -0.39 is 0 Å². The molecule has 1 aromatic carbocycles. The van der Waals surface area contributed by atoms with Crippen molar-refractivity contribution in [1.29, 1.82) is 0 Å². The lowest BCUT2D eigenvalue weighted by atomic mass is 9.96. The summed E-state index contributed by atoms with van der Waals surface area (Å²) in [6.07, 6.45) is 0.756. The molecule has 1 heterocycles. The van der Waals surface area contributed by atoms with E-state index >= 15 is 0 Å². The summed E-state index contributed by atoms with van der Waals surface area (Å²) in [5, 5.41) is 6.63. The average Bonchev–Trinajstić information content (AvgIpc) is 2.53. The molecule has 0 bridgehead atoms. The standard InChI is InChI=1S/C17H25ClN2O3/c1-11(2)16(12-6-4-5-7-13(12)18)20-17(21)19-14-10-23-9-8-15(14)22-3/h4-7,11,14-16H,8-10H2,1-3H3,(H2,19,20,21)/t14-,15-,16?/m0/s1. The monoisotopic (exact) mass is 340 g/mol. The SMILES string of the molecule is CO[C@H]1CCOC[C@@H]1NC(=O)NC(c1ccccc1Cl)C(C)C. The second-order valence-electron chi connectivity index (χ2n) is 6.11. The van der Waals surface area contributed by atoms with E-state index in [1.54, 1.807) is 7.11 Å². The zero-order valence-corrected chi connectivity index (χ0v) is 14.6. The highest BCUT2D eigenvalue weighted by Gasteiger charge is 2.28. The van der Waals surface area contributed by atoms with Crippen molar-refractivity contribution >= 4 is 17.6 Å². The number of ether oxygens (including phenoxy) is 2. The van der Waals surface area contributed by atoms with Crippen LogP contribution in [0.2, 0.25) is 5.02 Å². The first-order chi connectivity index (χ1) is 11.0. The Kier molecular flexibility index (Phi) is 6.69. The number of nitrogens with one attached hydrogen (secondary N) is 2. The quantitative estimate of drug-likeness (QED) is 0.865. The predicted octanol–water partition coefficient (Wildman–Crippen LogP) is 3.14. The molecular formula is C17H25ClN2O3. The van der Waals surface area contributed by atoms with E-state index in [1.807, 2.05) is 24.3 Å². The molecule has 1 aliphatic rings. The smallest absolute Gasteiger partial charge is 0.315 e. The highest BCUT2D eigenvalue weighted by atomic mass is 35.5. The molecule has 2 rings (SSSR count). The number of methoxy groups -OCH3 is 1. The van der Waals surface area contributed by atoms with Crippen LogP contribution >= 0.6 is 11.6 Å². The number of halogens is 1. The number of benzene rings is 1. The van der Waals surface area contributed by atoms with Crippen molar-refractivity contribution in [3.05, 3.63) is 34.9 Å². The third kappa shape index (κ3) is 4.83. The van der Waals surface area contributed by atoms with Gasteiger partial charge in [0.1, 0.15) is 0 Å². The van der Waals surface area contributed by atoms with E-state index in [4.69, 9.17) is 21.1 Å². The number of carbonyl (C=O) groups is 1. The van der Waals surface area contributed by atoms with Crippen LogP contribution in [0.5, 0.6) is 0 Å². The number of amides is 2. The predicted molar refractivity (Wildman–Crippen MR) is 90.7 cm³/mol. The molecule has 2 N–H and O–H groups in total. The van der Waals surface area contributed by atoms with E-state index in [1.165, 1.54) is 0 Å². The molecule has 3 atom stereocenters. The molecular weight excluding hydrogens is 316 g/mol. The molecule has 0 spiro atoms. The fourth-order valence-corrected chi connectivity index (χ4v) is 3.07. The van der Waals surface area contributed by atoms with Gasteiger partial charge in [0.15, 0.2) is 0 Å². The number of rotatable bonds is 5. The van der Waals surface area contributed by atoms with Crippen LogP contribution in [-0.2, 0) is 9.47 Å². The van der Waals surface area contributed by atoms with Crippen LogP contribution < -0.4 is 10.6 Å². The normalized spacial score (nSPS) is 22.7. The summed E-state index contributed by atoms with van der Waals surface area (Å²) in [4.78, 5) is 12.4. The van der Waals surface area contributed by atoms with Crippen molar-refractivity contribution in [2.45, 2.75) is 38.5 Å². The van der Waals surface area contributed by atoms with Crippen molar-refractivity contribution < 1.29 is 14.3 Å². The molecule has 0 aromatic heterocycles. The third-order valence-electron chi connectivity index (χ3n) is 4.11. The lowest BCUT2D eigenvalue weighted by Crippen LogP contribution is -2.53. The summed E-state index contributed by atoms with van der Waals surface area (Å²) in [5.74, 6) is 0.210. The highest BCUT2D eigenvalue weighted by Crippen LogP contribution is 2.28. The second-order valence-corrected chi connectivity index (χ2v) is 6.51. The van der Waals surface area contributed by atoms with Gasteiger partial charge in [-0.3, -0.25) is 0 Å². The Balaban J connectivity index is 2.02. The number of hydrogen-bond donors (Lipinski definition) is 2. The fourth-order valence-electron chi connectivity index (χ4n) is 2.82. The molecule has 0 aliphatic carbocycles. The van der Waals surface area contributed by atoms with Crippen molar-refractivity contribution in [1.82, 2.24) is 10.6 Å². The van der Waals surface area contributed by atoms with Gasteiger partial charge in [0, 0.05) is 18.7 Å². The topological polar surface area (TPSA) is 59.6 Å². The average molecular weight is 341 g/mol. The Labute approximate surface area is 142 Å². The molecule has 1 fully saturated rings. The van der Waals surface area contributed by atoms with Gasteiger partial charge in [-0.2, -0.15) is 0 Å². The van der Waals surface area contributed by atoms with E-state index in [2.05, 4.69) is 24.5 Å². The number of carbonyl (C=O) groups excluding carboxylic acids is 1. The van der Waals surface area contributed by atoms with Crippen molar-refractivity contribution in [2.75, 3.05) is 20.3 Å². The van der Waals surface area contributed by atoms with Crippen LogP contribution in [0.25, 0.3) is 0 Å². The maximum Gasteiger partial charge on any atom is 0.315 e. The minimum absolute atomic E-state index is 0.0210. The molecule has 5 nitrogen and oxygen atoms in total. The fraction of sp³-hybridized carbons (Fsp3) is 0.588. The molecule has 1 aromatic rings. The van der Waals surface area contributed by atoms with E-state index in [-0.39, 0.29) is 30.1 Å². The maximum atomic E-state index is 12.4. The Morgan fingerprint density at radius 1 is 1.39 bits per heavy atom. The molecule has 1 saturated heterocycles. The van der Waals surface area contributed by atoms with Gasteiger partial charge in [-0.1, -0.05) is 43.6 Å². The van der Waals surface area contributed by atoms with Crippen molar-refractivity contribution in [3.63, 3.8) is 0 Å². The Bertz CT molecular complexity index is 524. The van der Waals surface area contributed by atoms with Crippen molar-refractivity contribution in [3.8, 4) is 0 Å². The number of hydrogen-bond acceptors (Lipinski definition) is 3. The van der Waals surface area contributed by atoms with Gasteiger partial charge < -0.3 is 20.1 Å². The molecule has 23 heavy (non-hydrogen) atoms. The van der Waals surface area contributed by atoms with E-state index in [9.17, 15) is 4.79 Å².